The fraction of sp³-hybridized carbons (Fsp3) is 0.648. The SMILES string of the molecule is CC/C=C\C/C=C\C/C=C\C/C=C\C/C=C\C/C=C\C/C=C\C/C=C\C/C=C\C/C=C\CCCCCCCCC(=O)OC(COC(=O)CCCCCCCCC/C=C\CCCCCCCCC)COC(OCC[N+](C)(C)C)C(=O)[O-]. The molecule has 80 heavy (non-hydrogen) atoms. The van der Waals surface area contributed by atoms with E-state index >= 15 is 0 Å². The van der Waals surface area contributed by atoms with Crippen molar-refractivity contribution in [3.8, 4) is 0 Å². The summed E-state index contributed by atoms with van der Waals surface area (Å²) in [6.45, 7) is 4.60. The Hall–Kier alpha value is -4.57. The van der Waals surface area contributed by atoms with E-state index in [0.29, 0.717) is 17.4 Å². The van der Waals surface area contributed by atoms with Crippen molar-refractivity contribution in [2.45, 2.75) is 251 Å². The van der Waals surface area contributed by atoms with Crippen molar-refractivity contribution in [3.05, 3.63) is 134 Å². The molecule has 0 aromatic carbocycles. The van der Waals surface area contributed by atoms with Gasteiger partial charge < -0.3 is 33.3 Å². The first-order valence-electron chi connectivity index (χ1n) is 31.8. The van der Waals surface area contributed by atoms with E-state index in [2.05, 4.69) is 148 Å². The maximum Gasteiger partial charge on any atom is 0.306 e. The number of ether oxygens (including phenoxy) is 4. The number of carboxylic acids is 1. The predicted octanol–water partition coefficient (Wildman–Crippen LogP) is 18.1. The average Bonchev–Trinajstić information content (AvgIpc) is 3.43. The summed E-state index contributed by atoms with van der Waals surface area (Å²) >= 11 is 0. The Morgan fingerprint density at radius 3 is 1.07 bits per heavy atom. The molecule has 454 valence electrons. The maximum atomic E-state index is 12.9. The second-order valence-corrected chi connectivity index (χ2v) is 22.0. The molecular formula is C71H117NO8. The van der Waals surface area contributed by atoms with E-state index in [9.17, 15) is 19.5 Å². The number of aliphatic carboxylic acids is 1. The van der Waals surface area contributed by atoms with Crippen LogP contribution in [0, 0.1) is 0 Å². The third kappa shape index (κ3) is 61.1. The molecule has 0 saturated heterocycles. The Morgan fingerprint density at radius 1 is 0.388 bits per heavy atom. The number of hydrogen-bond acceptors (Lipinski definition) is 8. The Kier molecular flexibility index (Phi) is 57.1. The van der Waals surface area contributed by atoms with Crippen LogP contribution in [0.25, 0.3) is 0 Å². The molecule has 0 aromatic heterocycles. The molecule has 0 aromatic rings. The minimum absolute atomic E-state index is 0.137. The molecule has 2 unspecified atom stereocenters. The van der Waals surface area contributed by atoms with Crippen molar-refractivity contribution in [3.63, 3.8) is 0 Å². The van der Waals surface area contributed by atoms with E-state index in [0.717, 1.165) is 135 Å². The van der Waals surface area contributed by atoms with Crippen molar-refractivity contribution in [1.82, 2.24) is 0 Å². The number of likely N-dealkylation sites (N-methyl/N-ethyl adjacent to an activating group) is 1. The number of nitrogens with zero attached hydrogens (tertiary/aromatic N) is 1. The van der Waals surface area contributed by atoms with E-state index in [1.165, 1.54) is 70.6 Å². The molecule has 0 aliphatic heterocycles. The lowest BCUT2D eigenvalue weighted by Gasteiger charge is -2.26. The summed E-state index contributed by atoms with van der Waals surface area (Å²) in [6, 6.07) is 0. The first-order valence-corrected chi connectivity index (χ1v) is 31.8. The number of unbranched alkanes of at least 4 members (excludes halogenated alkanes) is 20. The van der Waals surface area contributed by atoms with Gasteiger partial charge in [-0.2, -0.15) is 0 Å². The van der Waals surface area contributed by atoms with Gasteiger partial charge in [0.25, 0.3) is 0 Å². The monoisotopic (exact) mass is 1110 g/mol. The summed E-state index contributed by atoms with van der Waals surface area (Å²) in [5.41, 5.74) is 0. The van der Waals surface area contributed by atoms with Crippen LogP contribution in [-0.2, 0) is 33.3 Å². The first-order chi connectivity index (χ1) is 39.1. The van der Waals surface area contributed by atoms with Crippen LogP contribution in [0.4, 0.5) is 0 Å². The van der Waals surface area contributed by atoms with Gasteiger partial charge in [0.1, 0.15) is 13.2 Å². The summed E-state index contributed by atoms with van der Waals surface area (Å²) < 4.78 is 22.7. The highest BCUT2D eigenvalue weighted by atomic mass is 16.7. The second kappa shape index (κ2) is 60.5. The van der Waals surface area contributed by atoms with Gasteiger partial charge in [-0.05, 0) is 116 Å². The number of carbonyl (C=O) groups excluding carboxylic acids is 3. The molecule has 2 atom stereocenters. The standard InChI is InChI=1S/C71H117NO8/c1-6-8-10-12-14-16-18-20-22-24-26-27-28-29-30-31-32-33-34-35-36-37-38-39-40-41-42-43-44-46-48-50-52-54-56-58-60-62-69(74)80-67(66-79-71(70(75)76)77-64-63-72(3,4)5)65-78-68(73)61-59-57-55-53-51-49-47-45-25-23-21-19-17-15-13-11-9-7-2/h8,10,14,16,20,22-23,25-27,29-30,32-33,35-36,38-39,41-42,44,46,67,71H,6-7,9,11-13,15,17-19,21,24,28,31,34,37,40,43,45,47-66H2,1-5H3/b10-8-,16-14-,22-20-,25-23-,27-26-,30-29-,33-32-,36-35-,39-38-,42-41-,46-44-. The minimum Gasteiger partial charge on any atom is -0.545 e. The van der Waals surface area contributed by atoms with Crippen LogP contribution in [0.3, 0.4) is 0 Å². The van der Waals surface area contributed by atoms with Crippen molar-refractivity contribution < 1.29 is 42.9 Å². The van der Waals surface area contributed by atoms with Gasteiger partial charge in [0.2, 0.25) is 0 Å². The smallest absolute Gasteiger partial charge is 0.306 e. The van der Waals surface area contributed by atoms with Crippen LogP contribution in [0.1, 0.15) is 239 Å². The van der Waals surface area contributed by atoms with Gasteiger partial charge in [-0.15, -0.1) is 0 Å². The minimum atomic E-state index is -1.63. The molecule has 9 heteroatoms. The van der Waals surface area contributed by atoms with Gasteiger partial charge >= 0.3 is 11.9 Å². The zero-order chi connectivity index (χ0) is 58.3. The third-order valence-electron chi connectivity index (χ3n) is 13.1. The Morgan fingerprint density at radius 2 is 0.713 bits per heavy atom. The number of allylic oxidation sites excluding steroid dienone is 22. The summed E-state index contributed by atoms with van der Waals surface area (Å²) in [4.78, 5) is 37.3. The quantitative estimate of drug-likeness (QED) is 0.0195. The average molecular weight is 1110 g/mol. The van der Waals surface area contributed by atoms with Crippen molar-refractivity contribution in [2.24, 2.45) is 0 Å². The van der Waals surface area contributed by atoms with Crippen LogP contribution < -0.4 is 5.11 Å². The molecule has 0 aliphatic rings. The number of carboxylic acid groups (broad SMARTS) is 1. The predicted molar refractivity (Wildman–Crippen MR) is 338 cm³/mol. The second-order valence-electron chi connectivity index (χ2n) is 22.0. The van der Waals surface area contributed by atoms with Gasteiger partial charge in [-0.1, -0.05) is 244 Å². The van der Waals surface area contributed by atoms with Gasteiger partial charge in [-0.25, -0.2) is 0 Å². The summed E-state index contributed by atoms with van der Waals surface area (Å²) in [6.07, 6.45) is 83.6. The lowest BCUT2D eigenvalue weighted by molar-refractivity contribution is -0.870. The number of carbonyl (C=O) groups is 3. The van der Waals surface area contributed by atoms with Crippen molar-refractivity contribution in [2.75, 3.05) is 47.5 Å². The van der Waals surface area contributed by atoms with Gasteiger partial charge in [-0.3, -0.25) is 9.59 Å². The van der Waals surface area contributed by atoms with E-state index in [4.69, 9.17) is 18.9 Å². The zero-order valence-corrected chi connectivity index (χ0v) is 51.6. The summed E-state index contributed by atoms with van der Waals surface area (Å²) in [5, 5.41) is 11.8. The Labute approximate surface area is 490 Å². The molecular weight excluding hydrogens is 995 g/mol. The zero-order valence-electron chi connectivity index (χ0n) is 51.6. The number of quaternary nitrogens is 1. The van der Waals surface area contributed by atoms with Crippen molar-refractivity contribution >= 4 is 17.9 Å². The first kappa shape index (κ1) is 75.4. The van der Waals surface area contributed by atoms with Crippen LogP contribution in [-0.4, -0.2) is 82.3 Å². The molecule has 9 nitrogen and oxygen atoms in total. The molecule has 0 bridgehead atoms. The van der Waals surface area contributed by atoms with Gasteiger partial charge in [0, 0.05) is 12.8 Å². The fourth-order valence-corrected chi connectivity index (χ4v) is 8.26. The van der Waals surface area contributed by atoms with Gasteiger partial charge in [0.05, 0.1) is 40.3 Å². The van der Waals surface area contributed by atoms with Crippen LogP contribution in [0.5, 0.6) is 0 Å². The van der Waals surface area contributed by atoms with Gasteiger partial charge in [0.15, 0.2) is 12.4 Å². The van der Waals surface area contributed by atoms with Crippen LogP contribution in [0.2, 0.25) is 0 Å². The Balaban J connectivity index is 4.25. The van der Waals surface area contributed by atoms with E-state index in [1.807, 2.05) is 21.1 Å². The molecule has 0 heterocycles. The van der Waals surface area contributed by atoms with E-state index in [1.54, 1.807) is 0 Å². The van der Waals surface area contributed by atoms with E-state index < -0.39 is 24.3 Å². The number of rotatable bonds is 57. The molecule has 0 spiro atoms. The van der Waals surface area contributed by atoms with Crippen molar-refractivity contribution in [1.29, 1.82) is 0 Å². The maximum absolute atomic E-state index is 12.9. The van der Waals surface area contributed by atoms with E-state index in [-0.39, 0.29) is 38.6 Å². The molecule has 0 amide bonds. The highest BCUT2D eigenvalue weighted by Gasteiger charge is 2.22. The topological polar surface area (TPSA) is 111 Å². The lowest BCUT2D eigenvalue weighted by Crippen LogP contribution is -2.44. The highest BCUT2D eigenvalue weighted by molar-refractivity contribution is 5.70. The number of esters is 2. The summed E-state index contributed by atoms with van der Waals surface area (Å²) in [7, 11) is 5.91. The number of hydrogen-bond donors (Lipinski definition) is 0. The molecule has 0 fully saturated rings. The molecule has 0 rings (SSSR count). The van der Waals surface area contributed by atoms with Crippen LogP contribution >= 0.6 is 0 Å². The molecule has 0 saturated carbocycles. The Bertz CT molecular complexity index is 1770. The largest absolute Gasteiger partial charge is 0.545 e. The fourth-order valence-electron chi connectivity index (χ4n) is 8.26. The summed E-state index contributed by atoms with van der Waals surface area (Å²) in [5.74, 6) is -2.32. The highest BCUT2D eigenvalue weighted by Crippen LogP contribution is 2.14. The molecule has 0 N–H and O–H groups in total. The molecule has 0 aliphatic carbocycles. The van der Waals surface area contributed by atoms with Crippen LogP contribution in [0.15, 0.2) is 134 Å². The third-order valence-corrected chi connectivity index (χ3v) is 13.1. The molecule has 0 radical (unpaired) electrons. The normalized spacial score (nSPS) is 13.7. The lowest BCUT2D eigenvalue weighted by atomic mass is 10.1.